The van der Waals surface area contributed by atoms with Crippen molar-refractivity contribution in [3.05, 3.63) is 47.9 Å². The van der Waals surface area contributed by atoms with Crippen LogP contribution in [0.5, 0.6) is 0 Å². The second kappa shape index (κ2) is 7.90. The van der Waals surface area contributed by atoms with Gasteiger partial charge in [-0.1, -0.05) is 38.3 Å². The topological polar surface area (TPSA) is 66.9 Å². The zero-order valence-corrected chi connectivity index (χ0v) is 14.1. The second-order valence-electron chi connectivity index (χ2n) is 6.27. The predicted molar refractivity (Wildman–Crippen MR) is 95.5 cm³/mol. The number of rotatable bonds is 5. The van der Waals surface area contributed by atoms with Crippen LogP contribution < -0.4 is 10.6 Å². The summed E-state index contributed by atoms with van der Waals surface area (Å²) in [5.41, 5.74) is 2.62. The Hall–Kier alpha value is -2.43. The van der Waals surface area contributed by atoms with E-state index in [9.17, 15) is 4.79 Å². The van der Waals surface area contributed by atoms with E-state index in [1.54, 1.807) is 6.20 Å². The molecule has 2 aromatic rings. The molecule has 0 spiro atoms. The minimum Gasteiger partial charge on any atom is -0.348 e. The Labute approximate surface area is 142 Å². The molecule has 1 aromatic heterocycles. The Kier molecular flexibility index (Phi) is 5.41. The summed E-state index contributed by atoms with van der Waals surface area (Å²) >= 11 is 0. The number of aromatic nitrogens is 2. The monoisotopic (exact) mass is 324 g/mol. The van der Waals surface area contributed by atoms with Crippen LogP contribution in [0.3, 0.4) is 0 Å². The van der Waals surface area contributed by atoms with Crippen LogP contribution >= 0.6 is 0 Å². The average Bonchev–Trinajstić information content (AvgIpc) is 2.64. The van der Waals surface area contributed by atoms with Crippen LogP contribution in [-0.4, -0.2) is 21.9 Å². The lowest BCUT2D eigenvalue weighted by Gasteiger charge is -2.22. The van der Waals surface area contributed by atoms with Crippen LogP contribution in [0.2, 0.25) is 0 Å². The molecule has 1 saturated carbocycles. The van der Waals surface area contributed by atoms with E-state index in [0.717, 1.165) is 24.9 Å². The molecule has 0 aliphatic heterocycles. The average molecular weight is 324 g/mol. The van der Waals surface area contributed by atoms with E-state index in [1.165, 1.54) is 31.0 Å². The number of benzene rings is 1. The predicted octanol–water partition coefficient (Wildman–Crippen LogP) is 3.85. The molecule has 1 aliphatic rings. The van der Waals surface area contributed by atoms with Crippen LogP contribution in [-0.2, 0) is 6.42 Å². The van der Waals surface area contributed by atoms with Gasteiger partial charge in [-0.25, -0.2) is 9.97 Å². The first kappa shape index (κ1) is 16.4. The second-order valence-corrected chi connectivity index (χ2v) is 6.27. The molecule has 1 heterocycles. The van der Waals surface area contributed by atoms with Crippen LogP contribution in [0.4, 0.5) is 11.5 Å². The zero-order valence-electron chi connectivity index (χ0n) is 14.1. The number of aryl methyl sites for hydroxylation is 1. The van der Waals surface area contributed by atoms with Crippen LogP contribution in [0, 0.1) is 0 Å². The number of hydrogen-bond donors (Lipinski definition) is 2. The Bertz CT molecular complexity index is 661. The maximum atomic E-state index is 12.2. The fourth-order valence-corrected chi connectivity index (χ4v) is 2.99. The summed E-state index contributed by atoms with van der Waals surface area (Å²) in [6, 6.07) is 8.49. The summed E-state index contributed by atoms with van der Waals surface area (Å²) in [7, 11) is 0. The van der Waals surface area contributed by atoms with Crippen molar-refractivity contribution >= 4 is 17.4 Å². The standard InChI is InChI=1S/C19H24N4O/c1-2-14-8-10-16(11-9-14)22-18-13-20-17(12-21-18)19(24)23-15-6-4-3-5-7-15/h8-13,15H,2-7H2,1H3,(H,21,22)(H,23,24). The third-order valence-electron chi connectivity index (χ3n) is 4.46. The van der Waals surface area contributed by atoms with E-state index in [-0.39, 0.29) is 11.9 Å². The molecule has 5 nitrogen and oxygen atoms in total. The molecule has 2 N–H and O–H groups in total. The maximum absolute atomic E-state index is 12.2. The van der Waals surface area contributed by atoms with Gasteiger partial charge in [0.15, 0.2) is 0 Å². The number of carbonyl (C=O) groups is 1. The molecule has 0 saturated heterocycles. The summed E-state index contributed by atoms with van der Waals surface area (Å²) in [4.78, 5) is 20.8. The van der Waals surface area contributed by atoms with Crippen LogP contribution in [0.1, 0.15) is 55.1 Å². The van der Waals surface area contributed by atoms with Crippen molar-refractivity contribution in [2.24, 2.45) is 0 Å². The molecule has 1 aliphatic carbocycles. The summed E-state index contributed by atoms with van der Waals surface area (Å²) in [6.07, 6.45) is 9.92. The summed E-state index contributed by atoms with van der Waals surface area (Å²) in [5.74, 6) is 0.502. The number of nitrogens with zero attached hydrogens (tertiary/aromatic N) is 2. The van der Waals surface area contributed by atoms with E-state index in [2.05, 4.69) is 39.7 Å². The molecule has 24 heavy (non-hydrogen) atoms. The van der Waals surface area contributed by atoms with Gasteiger partial charge in [-0.15, -0.1) is 0 Å². The zero-order chi connectivity index (χ0) is 16.8. The van der Waals surface area contributed by atoms with Gasteiger partial charge in [0.05, 0.1) is 12.4 Å². The molecular formula is C19H24N4O. The van der Waals surface area contributed by atoms with Crippen molar-refractivity contribution in [1.29, 1.82) is 0 Å². The van der Waals surface area contributed by atoms with Crippen molar-refractivity contribution in [3.8, 4) is 0 Å². The highest BCUT2D eigenvalue weighted by atomic mass is 16.1. The van der Waals surface area contributed by atoms with Gasteiger partial charge >= 0.3 is 0 Å². The van der Waals surface area contributed by atoms with Crippen LogP contribution in [0.15, 0.2) is 36.7 Å². The number of hydrogen-bond acceptors (Lipinski definition) is 4. The van der Waals surface area contributed by atoms with Gasteiger partial charge < -0.3 is 10.6 Å². The highest BCUT2D eigenvalue weighted by Gasteiger charge is 2.17. The maximum Gasteiger partial charge on any atom is 0.271 e. The van der Waals surface area contributed by atoms with Gasteiger partial charge in [0, 0.05) is 11.7 Å². The Morgan fingerprint density at radius 3 is 2.46 bits per heavy atom. The van der Waals surface area contributed by atoms with E-state index >= 15 is 0 Å². The highest BCUT2D eigenvalue weighted by molar-refractivity contribution is 5.92. The number of nitrogens with one attached hydrogen (secondary N) is 2. The van der Waals surface area contributed by atoms with Gasteiger partial charge in [-0.05, 0) is 37.0 Å². The molecule has 1 fully saturated rings. The van der Waals surface area contributed by atoms with E-state index in [4.69, 9.17) is 0 Å². The molecule has 5 heteroatoms. The Balaban J connectivity index is 1.58. The van der Waals surface area contributed by atoms with Crippen molar-refractivity contribution in [3.63, 3.8) is 0 Å². The quantitative estimate of drug-likeness (QED) is 0.877. The first-order valence-electron chi connectivity index (χ1n) is 8.73. The SMILES string of the molecule is CCc1ccc(Nc2cnc(C(=O)NC3CCCCC3)cn2)cc1. The van der Waals surface area contributed by atoms with Gasteiger partial charge in [0.25, 0.3) is 5.91 Å². The molecule has 1 aromatic carbocycles. The first-order valence-corrected chi connectivity index (χ1v) is 8.73. The number of anilines is 2. The lowest BCUT2D eigenvalue weighted by Crippen LogP contribution is -2.36. The molecule has 3 rings (SSSR count). The normalized spacial score (nSPS) is 15.0. The first-order chi connectivity index (χ1) is 11.7. The van der Waals surface area contributed by atoms with Gasteiger partial charge in [-0.3, -0.25) is 4.79 Å². The van der Waals surface area contributed by atoms with E-state index in [1.807, 2.05) is 12.1 Å². The molecule has 1 amide bonds. The van der Waals surface area contributed by atoms with E-state index in [0.29, 0.717) is 11.5 Å². The minimum absolute atomic E-state index is 0.131. The number of amides is 1. The van der Waals surface area contributed by atoms with Crippen LogP contribution in [0.25, 0.3) is 0 Å². The molecule has 0 bridgehead atoms. The minimum atomic E-state index is -0.131. The molecule has 0 radical (unpaired) electrons. The van der Waals surface area contributed by atoms with Crippen molar-refractivity contribution < 1.29 is 4.79 Å². The van der Waals surface area contributed by atoms with Gasteiger partial charge in [0.1, 0.15) is 11.5 Å². The van der Waals surface area contributed by atoms with Gasteiger partial charge in [-0.2, -0.15) is 0 Å². The molecule has 0 atom stereocenters. The Morgan fingerprint density at radius 2 is 1.83 bits per heavy atom. The summed E-state index contributed by atoms with van der Waals surface area (Å²) in [6.45, 7) is 2.13. The molecular weight excluding hydrogens is 300 g/mol. The third-order valence-corrected chi connectivity index (χ3v) is 4.46. The highest BCUT2D eigenvalue weighted by Crippen LogP contribution is 2.18. The van der Waals surface area contributed by atoms with Gasteiger partial charge in [0.2, 0.25) is 0 Å². The van der Waals surface area contributed by atoms with Crippen molar-refractivity contribution in [1.82, 2.24) is 15.3 Å². The largest absolute Gasteiger partial charge is 0.348 e. The van der Waals surface area contributed by atoms with E-state index < -0.39 is 0 Å². The van der Waals surface area contributed by atoms with Crippen molar-refractivity contribution in [2.75, 3.05) is 5.32 Å². The number of carbonyl (C=O) groups excluding carboxylic acids is 1. The smallest absolute Gasteiger partial charge is 0.271 e. The summed E-state index contributed by atoms with van der Waals surface area (Å²) < 4.78 is 0. The Morgan fingerprint density at radius 1 is 1.08 bits per heavy atom. The fourth-order valence-electron chi connectivity index (χ4n) is 2.99. The molecule has 0 unspecified atom stereocenters. The lowest BCUT2D eigenvalue weighted by molar-refractivity contribution is 0.0922. The fraction of sp³-hybridized carbons (Fsp3) is 0.421. The molecule has 126 valence electrons. The van der Waals surface area contributed by atoms with Crippen molar-refractivity contribution in [2.45, 2.75) is 51.5 Å². The lowest BCUT2D eigenvalue weighted by atomic mass is 9.95. The summed E-state index contributed by atoms with van der Waals surface area (Å²) in [5, 5.41) is 6.25. The third kappa shape index (κ3) is 4.31.